The van der Waals surface area contributed by atoms with E-state index >= 15 is 0 Å². The van der Waals surface area contributed by atoms with E-state index in [0.29, 0.717) is 24.9 Å². The summed E-state index contributed by atoms with van der Waals surface area (Å²) in [6, 6.07) is 13.4. The zero-order valence-corrected chi connectivity index (χ0v) is 22.4. The van der Waals surface area contributed by atoms with Crippen molar-refractivity contribution >= 4 is 17.7 Å². The van der Waals surface area contributed by atoms with Gasteiger partial charge < -0.3 is 24.0 Å². The number of amides is 1. The first-order valence-electron chi connectivity index (χ1n) is 13.2. The maximum atomic E-state index is 13.3. The summed E-state index contributed by atoms with van der Waals surface area (Å²) in [5, 5.41) is 0. The third-order valence-electron chi connectivity index (χ3n) is 6.94. The monoisotopic (exact) mass is 509 g/mol. The highest BCUT2D eigenvalue weighted by molar-refractivity contribution is 5.88. The lowest BCUT2D eigenvalue weighted by Crippen LogP contribution is -2.53. The van der Waals surface area contributed by atoms with E-state index in [2.05, 4.69) is 9.88 Å². The Morgan fingerprint density at radius 1 is 1.05 bits per heavy atom. The second-order valence-electron chi connectivity index (χ2n) is 11.0. The maximum Gasteiger partial charge on any atom is 0.410 e. The molecule has 0 spiro atoms. The summed E-state index contributed by atoms with van der Waals surface area (Å²) in [7, 11) is 1.34. The normalized spacial score (nSPS) is 18.1. The molecule has 0 radical (unpaired) electrons. The van der Waals surface area contributed by atoms with E-state index in [1.54, 1.807) is 6.07 Å². The Morgan fingerprint density at radius 2 is 1.81 bits per heavy atom. The third kappa shape index (κ3) is 7.14. The summed E-state index contributed by atoms with van der Waals surface area (Å²) in [6.45, 7) is 8.23. The topological polar surface area (TPSA) is 81.2 Å². The number of hydrogen-bond acceptors (Lipinski definition) is 7. The largest absolute Gasteiger partial charge is 0.471 e. The van der Waals surface area contributed by atoms with Crippen LogP contribution in [0.2, 0.25) is 0 Å². The molecule has 2 heterocycles. The van der Waals surface area contributed by atoms with Crippen molar-refractivity contribution in [3.05, 3.63) is 53.7 Å². The molecule has 1 amide bonds. The lowest BCUT2D eigenvalue weighted by Gasteiger charge is -2.43. The number of carbonyl (C=O) groups is 2. The molecule has 1 aliphatic heterocycles. The molecule has 2 aliphatic rings. The number of pyridine rings is 1. The van der Waals surface area contributed by atoms with Crippen LogP contribution in [0.3, 0.4) is 0 Å². The lowest BCUT2D eigenvalue weighted by atomic mass is 9.84. The highest BCUT2D eigenvalue weighted by atomic mass is 16.6. The fourth-order valence-electron chi connectivity index (χ4n) is 4.80. The number of carbonyl (C=O) groups excluding carboxylic acids is 2. The van der Waals surface area contributed by atoms with Crippen molar-refractivity contribution in [3.8, 4) is 5.88 Å². The molecule has 8 heteroatoms. The Morgan fingerprint density at radius 3 is 2.46 bits per heavy atom. The molecule has 0 N–H and O–H groups in total. The Labute approximate surface area is 219 Å². The van der Waals surface area contributed by atoms with Gasteiger partial charge in [-0.05, 0) is 70.1 Å². The minimum atomic E-state index is -0.546. The van der Waals surface area contributed by atoms with Crippen molar-refractivity contribution in [2.45, 2.75) is 71.1 Å². The number of ether oxygens (including phenoxy) is 3. The van der Waals surface area contributed by atoms with Gasteiger partial charge in [0.1, 0.15) is 17.9 Å². The molecule has 1 atom stereocenters. The molecule has 2 fully saturated rings. The summed E-state index contributed by atoms with van der Waals surface area (Å²) >= 11 is 0. The van der Waals surface area contributed by atoms with Gasteiger partial charge in [0, 0.05) is 19.6 Å². The molecule has 1 aromatic heterocycles. The van der Waals surface area contributed by atoms with Crippen LogP contribution in [0.15, 0.2) is 42.5 Å². The number of piperidine rings is 1. The van der Waals surface area contributed by atoms with Gasteiger partial charge in [-0.3, -0.25) is 0 Å². The summed E-state index contributed by atoms with van der Waals surface area (Å²) in [4.78, 5) is 34.1. The van der Waals surface area contributed by atoms with Crippen molar-refractivity contribution in [3.63, 3.8) is 0 Å². The Hall–Kier alpha value is -3.29. The van der Waals surface area contributed by atoms with Gasteiger partial charge in [-0.1, -0.05) is 36.8 Å². The number of anilines is 1. The highest BCUT2D eigenvalue weighted by Crippen LogP contribution is 2.33. The number of esters is 1. The average Bonchev–Trinajstić information content (AvgIpc) is 2.85. The molecule has 2 aromatic rings. The molecule has 8 nitrogen and oxygen atoms in total. The fraction of sp³-hybridized carbons (Fsp3) is 0.552. The number of methoxy groups -OCH3 is 1. The first kappa shape index (κ1) is 26.8. The number of aromatic nitrogens is 1. The molecule has 200 valence electrons. The van der Waals surface area contributed by atoms with Gasteiger partial charge in [0.15, 0.2) is 5.69 Å². The van der Waals surface area contributed by atoms with Crippen molar-refractivity contribution in [1.29, 1.82) is 0 Å². The van der Waals surface area contributed by atoms with Gasteiger partial charge in [0.2, 0.25) is 5.88 Å². The van der Waals surface area contributed by atoms with Gasteiger partial charge >= 0.3 is 12.1 Å². The average molecular weight is 510 g/mol. The third-order valence-corrected chi connectivity index (χ3v) is 6.94. The highest BCUT2D eigenvalue weighted by Gasteiger charge is 2.35. The number of benzene rings is 1. The van der Waals surface area contributed by atoms with E-state index in [-0.39, 0.29) is 17.8 Å². The minimum Gasteiger partial charge on any atom is -0.471 e. The first-order chi connectivity index (χ1) is 17.7. The van der Waals surface area contributed by atoms with Crippen LogP contribution in [0.25, 0.3) is 0 Å². The van der Waals surface area contributed by atoms with E-state index in [0.717, 1.165) is 50.0 Å². The molecule has 4 rings (SSSR count). The summed E-state index contributed by atoms with van der Waals surface area (Å²) in [5.41, 5.74) is 1.46. The Balaban J connectivity index is 1.56. The smallest absolute Gasteiger partial charge is 0.410 e. The Kier molecular flexibility index (Phi) is 8.56. The number of rotatable bonds is 8. The van der Waals surface area contributed by atoms with E-state index in [1.807, 2.05) is 62.1 Å². The quantitative estimate of drug-likeness (QED) is 0.438. The maximum absolute atomic E-state index is 13.3. The predicted octanol–water partition coefficient (Wildman–Crippen LogP) is 5.45. The number of nitrogens with zero attached hydrogens (tertiary/aromatic N) is 3. The minimum absolute atomic E-state index is 0.0199. The summed E-state index contributed by atoms with van der Waals surface area (Å²) in [5.74, 6) is 0.410. The molecule has 1 saturated carbocycles. The molecule has 1 aromatic carbocycles. The van der Waals surface area contributed by atoms with Crippen molar-refractivity contribution in [1.82, 2.24) is 9.88 Å². The first-order valence-corrected chi connectivity index (χ1v) is 13.2. The lowest BCUT2D eigenvalue weighted by molar-refractivity contribution is 0.00733. The summed E-state index contributed by atoms with van der Waals surface area (Å²) in [6.07, 6.45) is 5.13. The van der Waals surface area contributed by atoms with Gasteiger partial charge in [-0.2, -0.15) is 0 Å². The zero-order chi connectivity index (χ0) is 26.4. The molecule has 1 aliphatic carbocycles. The second-order valence-corrected chi connectivity index (χ2v) is 11.0. The van der Waals surface area contributed by atoms with Crippen LogP contribution in [0.1, 0.15) is 68.9 Å². The van der Waals surface area contributed by atoms with Crippen LogP contribution in [0.4, 0.5) is 10.5 Å². The van der Waals surface area contributed by atoms with E-state index in [4.69, 9.17) is 14.2 Å². The standard InChI is InChI=1S/C29H39N3O5/c1-29(2,3)37-28(34)32(18-21-12-8-13-21)23-14-9-17-31(19-23)25-16-15-24(27(33)35-4)30-26(25)36-20-22-10-6-5-7-11-22/h5-7,10-11,15-16,21,23H,8-9,12-14,17-20H2,1-4H3. The second kappa shape index (κ2) is 11.8. The van der Waals surface area contributed by atoms with E-state index in [9.17, 15) is 9.59 Å². The predicted molar refractivity (Wildman–Crippen MR) is 142 cm³/mol. The zero-order valence-electron chi connectivity index (χ0n) is 22.4. The molecular formula is C29H39N3O5. The molecule has 0 bridgehead atoms. The van der Waals surface area contributed by atoms with E-state index in [1.165, 1.54) is 13.5 Å². The van der Waals surface area contributed by atoms with Crippen LogP contribution >= 0.6 is 0 Å². The van der Waals surface area contributed by atoms with Gasteiger partial charge in [-0.15, -0.1) is 0 Å². The van der Waals surface area contributed by atoms with Crippen molar-refractivity contribution in [2.75, 3.05) is 31.6 Å². The number of hydrogen-bond donors (Lipinski definition) is 0. The van der Waals surface area contributed by atoms with E-state index < -0.39 is 11.6 Å². The van der Waals surface area contributed by atoms with Crippen LogP contribution in [0, 0.1) is 5.92 Å². The van der Waals surface area contributed by atoms with Gasteiger partial charge in [0.05, 0.1) is 13.2 Å². The van der Waals surface area contributed by atoms with Crippen LogP contribution in [-0.4, -0.2) is 60.3 Å². The fourth-order valence-corrected chi connectivity index (χ4v) is 4.80. The molecule has 1 unspecified atom stereocenters. The van der Waals surface area contributed by atoms with Crippen molar-refractivity contribution < 1.29 is 23.8 Å². The SMILES string of the molecule is COC(=O)c1ccc(N2CCCC(N(CC3CCC3)C(=O)OC(C)(C)C)C2)c(OCc2ccccc2)n1. The Bertz CT molecular complexity index is 1060. The van der Waals surface area contributed by atoms with Crippen molar-refractivity contribution in [2.24, 2.45) is 5.92 Å². The van der Waals surface area contributed by atoms with Gasteiger partial charge in [0.25, 0.3) is 0 Å². The molecular weight excluding hydrogens is 470 g/mol. The van der Waals surface area contributed by atoms with Gasteiger partial charge in [-0.25, -0.2) is 14.6 Å². The van der Waals surface area contributed by atoms with Crippen LogP contribution in [-0.2, 0) is 16.1 Å². The molecule has 37 heavy (non-hydrogen) atoms. The summed E-state index contributed by atoms with van der Waals surface area (Å²) < 4.78 is 16.8. The molecule has 1 saturated heterocycles. The van der Waals surface area contributed by atoms with Crippen LogP contribution < -0.4 is 9.64 Å². The van der Waals surface area contributed by atoms with Crippen LogP contribution in [0.5, 0.6) is 5.88 Å².